The highest BCUT2D eigenvalue weighted by Crippen LogP contribution is 2.31. The summed E-state index contributed by atoms with van der Waals surface area (Å²) in [5.74, 6) is 0.565. The van der Waals surface area contributed by atoms with Gasteiger partial charge in [0.15, 0.2) is 5.82 Å². The van der Waals surface area contributed by atoms with Crippen molar-refractivity contribution < 1.29 is 18.3 Å². The molecule has 1 amide bonds. The molecule has 11 heteroatoms. The monoisotopic (exact) mass is 470 g/mol. The fraction of sp³-hybridized carbons (Fsp3) is 0.318. The normalized spacial score (nSPS) is 18.7. The summed E-state index contributed by atoms with van der Waals surface area (Å²) in [5.41, 5.74) is 0.554. The van der Waals surface area contributed by atoms with Crippen molar-refractivity contribution in [1.29, 1.82) is 0 Å². The van der Waals surface area contributed by atoms with E-state index in [0.717, 1.165) is 17.5 Å². The van der Waals surface area contributed by atoms with Gasteiger partial charge in [-0.3, -0.25) is 9.20 Å². The van der Waals surface area contributed by atoms with Crippen LogP contribution in [0.2, 0.25) is 0 Å². The van der Waals surface area contributed by atoms with Gasteiger partial charge in [0.1, 0.15) is 11.8 Å². The molecule has 1 aliphatic rings. The molecule has 4 aromatic rings. The van der Waals surface area contributed by atoms with Crippen LogP contribution < -0.4 is 4.74 Å². The average Bonchev–Trinajstić information content (AvgIpc) is 3.48. The van der Waals surface area contributed by atoms with Crippen molar-refractivity contribution in [3.05, 3.63) is 59.8 Å². The molecule has 0 radical (unpaired) electrons. The summed E-state index contributed by atoms with van der Waals surface area (Å²) in [6.45, 7) is 2.34. The second-order valence-corrected chi connectivity index (χ2v) is 8.69. The summed E-state index contributed by atoms with van der Waals surface area (Å²) in [7, 11) is 0. The number of carbonyl (C=O) groups excluding carboxylic acids is 1. The zero-order valence-corrected chi connectivity index (χ0v) is 18.5. The molecule has 0 spiro atoms. The first kappa shape index (κ1) is 21.4. The number of halogens is 2. The average molecular weight is 471 g/mol. The van der Waals surface area contributed by atoms with Crippen LogP contribution in [0.25, 0.3) is 16.3 Å². The smallest absolute Gasteiger partial charge is 0.280 e. The summed E-state index contributed by atoms with van der Waals surface area (Å²) < 4.78 is 33.8. The minimum absolute atomic E-state index is 0.0161. The van der Waals surface area contributed by atoms with Crippen molar-refractivity contribution in [2.75, 3.05) is 6.54 Å². The van der Waals surface area contributed by atoms with E-state index in [1.165, 1.54) is 28.1 Å². The number of fused-ring (bicyclic) bond motifs is 1. The number of amides is 1. The number of likely N-dealkylation sites (tertiary alicyclic amines) is 1. The number of rotatable bonds is 5. The molecule has 4 aromatic heterocycles. The van der Waals surface area contributed by atoms with Crippen molar-refractivity contribution in [2.24, 2.45) is 0 Å². The molecule has 2 atom stereocenters. The minimum atomic E-state index is -2.66. The predicted octanol–water partition coefficient (Wildman–Crippen LogP) is 4.26. The van der Waals surface area contributed by atoms with Crippen molar-refractivity contribution in [3.63, 3.8) is 0 Å². The summed E-state index contributed by atoms with van der Waals surface area (Å²) in [6.07, 6.45) is 5.68. The van der Waals surface area contributed by atoms with Gasteiger partial charge >= 0.3 is 0 Å². The van der Waals surface area contributed by atoms with Gasteiger partial charge in [0, 0.05) is 30.8 Å². The van der Waals surface area contributed by atoms with E-state index in [-0.39, 0.29) is 35.3 Å². The predicted molar refractivity (Wildman–Crippen MR) is 117 cm³/mol. The second kappa shape index (κ2) is 8.81. The Labute approximate surface area is 191 Å². The van der Waals surface area contributed by atoms with Crippen LogP contribution in [0, 0.1) is 0 Å². The molecule has 0 aromatic carbocycles. The number of alkyl halides is 2. The molecular weight excluding hydrogens is 450 g/mol. The maximum atomic E-state index is 13.5. The standard InChI is InChI=1S/C22H20F2N6O2S/c1-13-3-4-14(32-21-20-28-11-16(18(23)24)29(20)9-8-27-21)12-30(13)22(31)15-5-10-33-17(15)19-25-6-2-7-26-19/h2,5-11,13-14,18H,3-4,12H2,1H3/t13-,14-/m1/s1. The number of hydrogen-bond donors (Lipinski definition) is 0. The maximum absolute atomic E-state index is 13.5. The lowest BCUT2D eigenvalue weighted by molar-refractivity contribution is 0.0376. The number of nitrogens with zero attached hydrogens (tertiary/aromatic N) is 6. The summed E-state index contributed by atoms with van der Waals surface area (Å²) in [6, 6.07) is 3.53. The third-order valence-corrected chi connectivity index (χ3v) is 6.60. The fourth-order valence-electron chi connectivity index (χ4n) is 3.99. The van der Waals surface area contributed by atoms with Gasteiger partial charge in [-0.25, -0.2) is 28.7 Å². The van der Waals surface area contributed by atoms with Gasteiger partial charge < -0.3 is 9.64 Å². The first-order chi connectivity index (χ1) is 16.0. The second-order valence-electron chi connectivity index (χ2n) is 7.77. The highest BCUT2D eigenvalue weighted by Gasteiger charge is 2.33. The van der Waals surface area contributed by atoms with Crippen molar-refractivity contribution in [1.82, 2.24) is 29.2 Å². The van der Waals surface area contributed by atoms with Gasteiger partial charge in [0.25, 0.3) is 18.2 Å². The topological polar surface area (TPSA) is 85.5 Å². The summed E-state index contributed by atoms with van der Waals surface area (Å²) in [4.78, 5) is 32.8. The molecule has 5 rings (SSSR count). The van der Waals surface area contributed by atoms with E-state index >= 15 is 0 Å². The molecule has 0 unspecified atom stereocenters. The zero-order chi connectivity index (χ0) is 22.9. The van der Waals surface area contributed by atoms with Crippen LogP contribution in [-0.2, 0) is 0 Å². The SMILES string of the molecule is C[C@@H]1CC[C@@H](Oc2nccn3c(C(F)F)cnc23)CN1C(=O)c1ccsc1-c1ncccn1. The van der Waals surface area contributed by atoms with E-state index in [2.05, 4.69) is 19.9 Å². The van der Waals surface area contributed by atoms with Crippen LogP contribution >= 0.6 is 11.3 Å². The Balaban J connectivity index is 1.38. The van der Waals surface area contributed by atoms with Crippen molar-refractivity contribution in [3.8, 4) is 16.6 Å². The van der Waals surface area contributed by atoms with E-state index in [1.54, 1.807) is 29.4 Å². The zero-order valence-electron chi connectivity index (χ0n) is 17.6. The largest absolute Gasteiger partial charge is 0.470 e. The van der Waals surface area contributed by atoms with Crippen LogP contribution in [0.15, 0.2) is 48.5 Å². The number of hydrogen-bond acceptors (Lipinski definition) is 7. The lowest BCUT2D eigenvalue weighted by Crippen LogP contribution is -2.49. The number of aromatic nitrogens is 5. The van der Waals surface area contributed by atoms with E-state index in [9.17, 15) is 13.6 Å². The van der Waals surface area contributed by atoms with Gasteiger partial charge in [-0.1, -0.05) is 0 Å². The Morgan fingerprint density at radius 2 is 2.00 bits per heavy atom. The first-order valence-electron chi connectivity index (χ1n) is 10.5. The van der Waals surface area contributed by atoms with Gasteiger partial charge in [0.2, 0.25) is 5.65 Å². The van der Waals surface area contributed by atoms with Gasteiger partial charge in [-0.2, -0.15) is 0 Å². The molecule has 170 valence electrons. The van der Waals surface area contributed by atoms with E-state index < -0.39 is 6.43 Å². The molecule has 1 saturated heterocycles. The molecule has 1 aliphatic heterocycles. The minimum Gasteiger partial charge on any atom is -0.470 e. The molecular formula is C22H20F2N6O2S. The molecule has 0 bridgehead atoms. The summed E-state index contributed by atoms with van der Waals surface area (Å²) >= 11 is 1.42. The lowest BCUT2D eigenvalue weighted by atomic mass is 10.00. The molecule has 0 saturated carbocycles. The van der Waals surface area contributed by atoms with Gasteiger partial charge in [-0.05, 0) is 37.3 Å². The molecule has 0 aliphatic carbocycles. The van der Waals surface area contributed by atoms with Crippen LogP contribution in [0.5, 0.6) is 5.88 Å². The number of carbonyl (C=O) groups is 1. The Morgan fingerprint density at radius 3 is 2.79 bits per heavy atom. The van der Waals surface area contributed by atoms with Crippen LogP contribution in [0.1, 0.15) is 42.2 Å². The van der Waals surface area contributed by atoms with Gasteiger partial charge in [0.05, 0.1) is 23.2 Å². The molecule has 5 heterocycles. The van der Waals surface area contributed by atoms with E-state index in [4.69, 9.17) is 4.74 Å². The number of thiophene rings is 1. The third-order valence-electron chi connectivity index (χ3n) is 5.69. The fourth-order valence-corrected chi connectivity index (χ4v) is 4.82. The van der Waals surface area contributed by atoms with Crippen molar-refractivity contribution >= 4 is 22.9 Å². The van der Waals surface area contributed by atoms with Crippen molar-refractivity contribution in [2.45, 2.75) is 38.3 Å². The highest BCUT2D eigenvalue weighted by atomic mass is 32.1. The number of imidazole rings is 1. The molecule has 1 fully saturated rings. The highest BCUT2D eigenvalue weighted by molar-refractivity contribution is 7.14. The number of piperidine rings is 1. The Bertz CT molecular complexity index is 1280. The molecule has 8 nitrogen and oxygen atoms in total. The lowest BCUT2D eigenvalue weighted by Gasteiger charge is -2.37. The Kier molecular flexibility index (Phi) is 5.71. The third kappa shape index (κ3) is 4.04. The Hall–Kier alpha value is -3.47. The van der Waals surface area contributed by atoms with E-state index in [0.29, 0.717) is 24.4 Å². The van der Waals surface area contributed by atoms with Crippen LogP contribution in [0.3, 0.4) is 0 Å². The van der Waals surface area contributed by atoms with Gasteiger partial charge in [-0.15, -0.1) is 11.3 Å². The first-order valence-corrected chi connectivity index (χ1v) is 11.3. The maximum Gasteiger partial charge on any atom is 0.280 e. The Morgan fingerprint density at radius 1 is 1.18 bits per heavy atom. The summed E-state index contributed by atoms with van der Waals surface area (Å²) in [5, 5.41) is 1.85. The number of ether oxygens (including phenoxy) is 1. The van der Waals surface area contributed by atoms with Crippen LogP contribution in [-0.4, -0.2) is 53.8 Å². The molecule has 33 heavy (non-hydrogen) atoms. The van der Waals surface area contributed by atoms with E-state index in [1.807, 2.05) is 12.3 Å². The van der Waals surface area contributed by atoms with Crippen LogP contribution in [0.4, 0.5) is 8.78 Å². The molecule has 0 N–H and O–H groups in total. The quantitative estimate of drug-likeness (QED) is 0.433.